The van der Waals surface area contributed by atoms with E-state index in [1.165, 1.54) is 12.3 Å². The summed E-state index contributed by atoms with van der Waals surface area (Å²) in [5.74, 6) is -0.860. The zero-order valence-corrected chi connectivity index (χ0v) is 18.5. The number of hydrogen-bond acceptors (Lipinski definition) is 6. The van der Waals surface area contributed by atoms with Crippen LogP contribution in [0.2, 0.25) is 0 Å². The number of thioether (sulfide) groups is 1. The van der Waals surface area contributed by atoms with Gasteiger partial charge in [0.1, 0.15) is 5.75 Å². The average molecular weight is 480 g/mol. The Balaban J connectivity index is 1.50. The fourth-order valence-electron chi connectivity index (χ4n) is 3.06. The molecule has 1 saturated heterocycles. The topological polar surface area (TPSA) is 113 Å². The molecule has 1 fully saturated rings. The van der Waals surface area contributed by atoms with Gasteiger partial charge in [-0.15, -0.1) is 0 Å². The van der Waals surface area contributed by atoms with Crippen LogP contribution in [0.25, 0.3) is 0 Å². The molecule has 0 bridgehead atoms. The van der Waals surface area contributed by atoms with Gasteiger partial charge in [0.15, 0.2) is 0 Å². The van der Waals surface area contributed by atoms with Crippen LogP contribution < -0.4 is 20.9 Å². The lowest BCUT2D eigenvalue weighted by Crippen LogP contribution is -2.44. The first-order chi connectivity index (χ1) is 15.9. The predicted molar refractivity (Wildman–Crippen MR) is 119 cm³/mol. The number of hydrogen-bond donors (Lipinski definition) is 3. The van der Waals surface area contributed by atoms with Gasteiger partial charge in [-0.25, -0.2) is 4.79 Å². The van der Waals surface area contributed by atoms with Crippen LogP contribution in [0.5, 0.6) is 5.75 Å². The molecule has 2 heterocycles. The molecular formula is C21H23F2N5O4S. The molecule has 0 saturated carbocycles. The number of ether oxygens (including phenoxy) is 1. The van der Waals surface area contributed by atoms with Crippen LogP contribution in [0.4, 0.5) is 19.3 Å². The molecule has 4 amide bonds. The third kappa shape index (κ3) is 7.04. The van der Waals surface area contributed by atoms with Gasteiger partial charge in [0.25, 0.3) is 5.91 Å². The van der Waals surface area contributed by atoms with Gasteiger partial charge in [-0.3, -0.25) is 25.4 Å². The highest BCUT2D eigenvalue weighted by Gasteiger charge is 2.25. The van der Waals surface area contributed by atoms with Crippen molar-refractivity contribution in [1.82, 2.24) is 20.7 Å². The van der Waals surface area contributed by atoms with E-state index in [2.05, 4.69) is 10.3 Å². The number of halogens is 2. The second-order valence-electron chi connectivity index (χ2n) is 7.08. The molecular weight excluding hydrogens is 456 g/mol. The maximum atomic E-state index is 12.6. The maximum Gasteiger partial charge on any atom is 0.321 e. The van der Waals surface area contributed by atoms with E-state index in [0.717, 1.165) is 11.4 Å². The number of urea groups is 1. The van der Waals surface area contributed by atoms with Crippen LogP contribution in [-0.4, -0.2) is 65.4 Å². The second-order valence-corrected chi connectivity index (χ2v) is 8.49. The molecule has 1 atom stereocenters. The number of benzene rings is 1. The number of rotatable bonds is 6. The summed E-state index contributed by atoms with van der Waals surface area (Å²) in [6.07, 6.45) is -1.33. The number of nitrogens with one attached hydrogen (secondary N) is 3. The standard InChI is InChI=1S/C21H23F2N5O4S/c1-32-16-6-4-14(5-7-16)25-21(31)28-8-9-33-17(12-28)10-15-3-2-13(11-24-15)19(29)26-27-20(30)18(22)23/h2-7,11,17-18H,8-10,12H2,1H3,(H,25,31)(H,26,29)(H,27,30). The van der Waals surface area contributed by atoms with E-state index in [9.17, 15) is 23.2 Å². The van der Waals surface area contributed by atoms with Gasteiger partial charge in [-0.2, -0.15) is 20.5 Å². The summed E-state index contributed by atoms with van der Waals surface area (Å²) < 4.78 is 29.4. The average Bonchev–Trinajstić information content (AvgIpc) is 2.83. The number of aromatic nitrogens is 1. The van der Waals surface area contributed by atoms with E-state index >= 15 is 0 Å². The molecule has 1 aromatic heterocycles. The number of alkyl halides is 2. The summed E-state index contributed by atoms with van der Waals surface area (Å²) in [5.41, 5.74) is 5.05. The first-order valence-electron chi connectivity index (χ1n) is 10.0. The van der Waals surface area contributed by atoms with Crippen molar-refractivity contribution in [3.63, 3.8) is 0 Å². The van der Waals surface area contributed by atoms with E-state index in [1.807, 2.05) is 5.43 Å². The van der Waals surface area contributed by atoms with Crippen molar-refractivity contribution in [1.29, 1.82) is 0 Å². The number of amides is 4. The van der Waals surface area contributed by atoms with E-state index < -0.39 is 18.2 Å². The summed E-state index contributed by atoms with van der Waals surface area (Å²) in [4.78, 5) is 41.4. The maximum absolute atomic E-state index is 12.6. The number of methoxy groups -OCH3 is 1. The Morgan fingerprint density at radius 1 is 1.18 bits per heavy atom. The second kappa shape index (κ2) is 11.5. The smallest absolute Gasteiger partial charge is 0.321 e. The van der Waals surface area contributed by atoms with Crippen LogP contribution in [0, 0.1) is 0 Å². The van der Waals surface area contributed by atoms with Crippen molar-refractivity contribution in [3.8, 4) is 5.75 Å². The number of hydrazine groups is 1. The van der Waals surface area contributed by atoms with Crippen LogP contribution in [0.3, 0.4) is 0 Å². The number of pyridine rings is 1. The van der Waals surface area contributed by atoms with Gasteiger partial charge < -0.3 is 15.0 Å². The monoisotopic (exact) mass is 479 g/mol. The van der Waals surface area contributed by atoms with Crippen LogP contribution in [-0.2, 0) is 11.2 Å². The van der Waals surface area contributed by atoms with E-state index in [4.69, 9.17) is 4.74 Å². The largest absolute Gasteiger partial charge is 0.497 e. The lowest BCUT2D eigenvalue weighted by atomic mass is 10.1. The summed E-state index contributed by atoms with van der Waals surface area (Å²) >= 11 is 1.74. The fraction of sp³-hybridized carbons (Fsp3) is 0.333. The van der Waals surface area contributed by atoms with E-state index in [1.54, 1.807) is 59.5 Å². The zero-order valence-electron chi connectivity index (χ0n) is 17.7. The molecule has 176 valence electrons. The molecule has 0 aliphatic carbocycles. The molecule has 3 rings (SSSR count). The first kappa shape index (κ1) is 24.2. The van der Waals surface area contributed by atoms with Crippen molar-refractivity contribution >= 4 is 35.3 Å². The van der Waals surface area contributed by atoms with Crippen LogP contribution >= 0.6 is 11.8 Å². The minimum Gasteiger partial charge on any atom is -0.497 e. The highest BCUT2D eigenvalue weighted by molar-refractivity contribution is 8.00. The number of carbonyl (C=O) groups is 3. The lowest BCUT2D eigenvalue weighted by Gasteiger charge is -2.32. The Hall–Kier alpha value is -3.41. The van der Waals surface area contributed by atoms with E-state index in [0.29, 0.717) is 30.9 Å². The number of carbonyl (C=O) groups excluding carboxylic acids is 3. The Bertz CT molecular complexity index is 976. The lowest BCUT2D eigenvalue weighted by molar-refractivity contribution is -0.132. The van der Waals surface area contributed by atoms with Gasteiger partial charge >= 0.3 is 18.4 Å². The van der Waals surface area contributed by atoms with Crippen molar-refractivity contribution < 1.29 is 27.9 Å². The van der Waals surface area contributed by atoms with Crippen LogP contribution in [0.1, 0.15) is 16.1 Å². The van der Waals surface area contributed by atoms with Gasteiger partial charge in [0, 0.05) is 48.1 Å². The zero-order chi connectivity index (χ0) is 23.8. The molecule has 1 aliphatic rings. The molecule has 1 aromatic carbocycles. The van der Waals surface area contributed by atoms with E-state index in [-0.39, 0.29) is 16.8 Å². The predicted octanol–water partition coefficient (Wildman–Crippen LogP) is 2.31. The molecule has 12 heteroatoms. The Kier molecular flexibility index (Phi) is 8.41. The SMILES string of the molecule is COc1ccc(NC(=O)N2CCSC(Cc3ccc(C(=O)NNC(=O)C(F)F)cn3)C2)cc1. The summed E-state index contributed by atoms with van der Waals surface area (Å²) in [6, 6.07) is 10.0. The minimum atomic E-state index is -3.23. The molecule has 1 unspecified atom stereocenters. The third-order valence-corrected chi connectivity index (χ3v) is 5.99. The molecule has 9 nitrogen and oxygen atoms in total. The third-order valence-electron chi connectivity index (χ3n) is 4.79. The number of anilines is 1. The normalized spacial score (nSPS) is 15.6. The van der Waals surface area contributed by atoms with Gasteiger partial charge in [-0.1, -0.05) is 0 Å². The van der Waals surface area contributed by atoms with Gasteiger partial charge in [0.05, 0.1) is 12.7 Å². The quantitative estimate of drug-likeness (QED) is 0.548. The first-order valence-corrected chi connectivity index (χ1v) is 11.1. The van der Waals surface area contributed by atoms with Crippen molar-refractivity contribution in [2.45, 2.75) is 18.1 Å². The molecule has 0 spiro atoms. The molecule has 0 radical (unpaired) electrons. The fourth-order valence-corrected chi connectivity index (χ4v) is 4.30. The molecule has 2 aromatic rings. The minimum absolute atomic E-state index is 0.116. The number of nitrogens with zero attached hydrogens (tertiary/aromatic N) is 2. The Morgan fingerprint density at radius 3 is 2.58 bits per heavy atom. The van der Waals surface area contributed by atoms with Gasteiger partial charge in [-0.05, 0) is 36.4 Å². The van der Waals surface area contributed by atoms with Crippen LogP contribution in [0.15, 0.2) is 42.6 Å². The summed E-state index contributed by atoms with van der Waals surface area (Å²) in [5, 5.41) is 3.00. The summed E-state index contributed by atoms with van der Waals surface area (Å²) in [6.45, 7) is 1.16. The van der Waals surface area contributed by atoms with Crippen molar-refractivity contribution in [2.75, 3.05) is 31.3 Å². The highest BCUT2D eigenvalue weighted by atomic mass is 32.2. The molecule has 1 aliphatic heterocycles. The highest BCUT2D eigenvalue weighted by Crippen LogP contribution is 2.23. The molecule has 3 N–H and O–H groups in total. The van der Waals surface area contributed by atoms with Crippen molar-refractivity contribution in [3.05, 3.63) is 53.9 Å². The van der Waals surface area contributed by atoms with Gasteiger partial charge in [0.2, 0.25) is 0 Å². The van der Waals surface area contributed by atoms with Crippen molar-refractivity contribution in [2.24, 2.45) is 0 Å². The summed E-state index contributed by atoms with van der Waals surface area (Å²) in [7, 11) is 1.58. The Morgan fingerprint density at radius 2 is 1.94 bits per heavy atom. The molecule has 33 heavy (non-hydrogen) atoms. The Labute approximate surface area is 193 Å².